The molecule has 1 aliphatic heterocycles. The minimum absolute atomic E-state index is 0.0194. The summed E-state index contributed by atoms with van der Waals surface area (Å²) in [6.45, 7) is 1.67. The standard InChI is InChI=1S/C23H27N7O2/c1-24-23(26-12-14-4-2-5-17(10-14)20-27-13-28-29-20)25-8-3-9-30-21(31)18-15-6-7-16(11-15)19(18)22(30)32/h2,4-7,10,13,15-16,18-19H,3,8-9,11-12H2,1H3,(H2,24,25,26)(H,27,28,29). The van der Waals surface area contributed by atoms with Crippen LogP contribution in [-0.4, -0.2) is 58.0 Å². The van der Waals surface area contributed by atoms with Gasteiger partial charge in [-0.3, -0.25) is 24.6 Å². The Hall–Kier alpha value is -3.49. The van der Waals surface area contributed by atoms with Crippen LogP contribution in [0.3, 0.4) is 0 Å². The number of aliphatic imine (C=N–C) groups is 1. The molecule has 3 aliphatic rings. The molecule has 166 valence electrons. The van der Waals surface area contributed by atoms with Crippen molar-refractivity contribution >= 4 is 17.8 Å². The van der Waals surface area contributed by atoms with Gasteiger partial charge in [-0.25, -0.2) is 4.98 Å². The number of nitrogens with one attached hydrogen (secondary N) is 3. The zero-order valence-electron chi connectivity index (χ0n) is 18.0. The van der Waals surface area contributed by atoms with Crippen molar-refractivity contribution in [2.45, 2.75) is 19.4 Å². The molecule has 9 heteroatoms. The number of benzene rings is 1. The van der Waals surface area contributed by atoms with E-state index >= 15 is 0 Å². The quantitative estimate of drug-likeness (QED) is 0.200. The minimum atomic E-state index is -0.118. The van der Waals surface area contributed by atoms with Crippen LogP contribution < -0.4 is 10.6 Å². The fourth-order valence-electron chi connectivity index (χ4n) is 5.21. The van der Waals surface area contributed by atoms with Gasteiger partial charge in [0.2, 0.25) is 11.8 Å². The van der Waals surface area contributed by atoms with E-state index in [0.717, 1.165) is 23.4 Å². The first-order valence-corrected chi connectivity index (χ1v) is 11.1. The van der Waals surface area contributed by atoms with Gasteiger partial charge < -0.3 is 10.6 Å². The molecule has 0 radical (unpaired) electrons. The highest BCUT2D eigenvalue weighted by molar-refractivity contribution is 6.06. The van der Waals surface area contributed by atoms with Crippen molar-refractivity contribution in [3.05, 3.63) is 48.3 Å². The molecule has 2 bridgehead atoms. The fraction of sp³-hybridized carbons (Fsp3) is 0.435. The molecule has 1 saturated heterocycles. The summed E-state index contributed by atoms with van der Waals surface area (Å²) in [5.41, 5.74) is 2.06. The number of rotatable bonds is 7. The Morgan fingerprint density at radius 3 is 2.66 bits per heavy atom. The Labute approximate surface area is 186 Å². The highest BCUT2D eigenvalue weighted by atomic mass is 16.2. The summed E-state index contributed by atoms with van der Waals surface area (Å²) in [5, 5.41) is 13.3. The number of guanidine groups is 1. The number of amides is 2. The monoisotopic (exact) mass is 433 g/mol. The molecule has 2 aliphatic carbocycles. The van der Waals surface area contributed by atoms with Crippen LogP contribution in [0.2, 0.25) is 0 Å². The van der Waals surface area contributed by atoms with Gasteiger partial charge in [-0.15, -0.1) is 0 Å². The van der Waals surface area contributed by atoms with Crippen LogP contribution in [0.1, 0.15) is 18.4 Å². The summed E-state index contributed by atoms with van der Waals surface area (Å²) in [6.07, 6.45) is 7.38. The molecule has 2 heterocycles. The van der Waals surface area contributed by atoms with Gasteiger partial charge in [0.15, 0.2) is 11.8 Å². The Balaban J connectivity index is 1.08. The summed E-state index contributed by atoms with van der Waals surface area (Å²) in [7, 11) is 1.72. The van der Waals surface area contributed by atoms with Crippen molar-refractivity contribution in [2.75, 3.05) is 20.1 Å². The number of carbonyl (C=O) groups excluding carboxylic acids is 2. The van der Waals surface area contributed by atoms with Crippen molar-refractivity contribution in [1.29, 1.82) is 0 Å². The molecular formula is C23H27N7O2. The van der Waals surface area contributed by atoms with Gasteiger partial charge >= 0.3 is 0 Å². The predicted molar refractivity (Wildman–Crippen MR) is 119 cm³/mol. The second-order valence-corrected chi connectivity index (χ2v) is 8.57. The molecule has 2 aromatic rings. The summed E-state index contributed by atoms with van der Waals surface area (Å²) in [6, 6.07) is 8.04. The lowest BCUT2D eigenvalue weighted by molar-refractivity contribution is -0.140. The van der Waals surface area contributed by atoms with Gasteiger partial charge in [-0.05, 0) is 36.3 Å². The maximum atomic E-state index is 12.7. The number of H-pyrrole nitrogens is 1. The van der Waals surface area contributed by atoms with E-state index in [1.54, 1.807) is 7.05 Å². The second kappa shape index (κ2) is 8.57. The third kappa shape index (κ3) is 3.68. The van der Waals surface area contributed by atoms with Crippen molar-refractivity contribution < 1.29 is 9.59 Å². The largest absolute Gasteiger partial charge is 0.356 e. The molecule has 0 spiro atoms. The molecule has 1 aromatic heterocycles. The van der Waals surface area contributed by atoms with Crippen LogP contribution >= 0.6 is 0 Å². The van der Waals surface area contributed by atoms with Gasteiger partial charge in [0.25, 0.3) is 0 Å². The van der Waals surface area contributed by atoms with Gasteiger partial charge in [0.05, 0.1) is 11.8 Å². The van der Waals surface area contributed by atoms with Crippen LogP contribution in [-0.2, 0) is 16.1 Å². The molecule has 2 fully saturated rings. The Morgan fingerprint density at radius 1 is 1.19 bits per heavy atom. The zero-order valence-corrected chi connectivity index (χ0v) is 18.0. The SMILES string of the molecule is CN=C(NCCCN1C(=O)C2C3C=CC(C3)C2C1=O)NCc1cccc(-c2ncn[nH]2)c1. The first-order chi connectivity index (χ1) is 15.7. The van der Waals surface area contributed by atoms with Gasteiger partial charge in [-0.1, -0.05) is 30.4 Å². The molecule has 32 heavy (non-hydrogen) atoms. The van der Waals surface area contributed by atoms with Gasteiger partial charge in [0, 0.05) is 32.2 Å². The van der Waals surface area contributed by atoms with E-state index in [2.05, 4.69) is 43.0 Å². The Kier molecular flexibility index (Phi) is 5.46. The average molecular weight is 434 g/mol. The minimum Gasteiger partial charge on any atom is -0.356 e. The van der Waals surface area contributed by atoms with E-state index in [4.69, 9.17) is 0 Å². The number of likely N-dealkylation sites (tertiary alicyclic amines) is 1. The third-order valence-electron chi connectivity index (χ3n) is 6.71. The highest BCUT2D eigenvalue weighted by Gasteiger charge is 2.58. The van der Waals surface area contributed by atoms with Gasteiger partial charge in [-0.2, -0.15) is 5.10 Å². The smallest absolute Gasteiger partial charge is 0.233 e. The highest BCUT2D eigenvalue weighted by Crippen LogP contribution is 2.52. The first kappa shape index (κ1) is 20.4. The van der Waals surface area contributed by atoms with Crippen molar-refractivity contribution in [2.24, 2.45) is 28.7 Å². The maximum absolute atomic E-state index is 12.7. The van der Waals surface area contributed by atoms with E-state index in [9.17, 15) is 9.59 Å². The summed E-state index contributed by atoms with van der Waals surface area (Å²) < 4.78 is 0. The first-order valence-electron chi connectivity index (χ1n) is 11.1. The molecule has 9 nitrogen and oxygen atoms in total. The lowest BCUT2D eigenvalue weighted by atomic mass is 9.85. The Bertz CT molecular complexity index is 1030. The van der Waals surface area contributed by atoms with Crippen LogP contribution in [0.25, 0.3) is 11.4 Å². The zero-order chi connectivity index (χ0) is 22.1. The fourth-order valence-corrected chi connectivity index (χ4v) is 5.21. The number of allylic oxidation sites excluding steroid dienone is 2. The van der Waals surface area contributed by atoms with Crippen molar-refractivity contribution in [3.8, 4) is 11.4 Å². The molecule has 1 saturated carbocycles. The van der Waals surface area contributed by atoms with E-state index in [0.29, 0.717) is 32.0 Å². The average Bonchev–Trinajstić information content (AvgIpc) is 3.60. The van der Waals surface area contributed by atoms with Gasteiger partial charge in [0.1, 0.15) is 6.33 Å². The molecule has 1 aromatic carbocycles. The normalized spacial score (nSPS) is 26.2. The summed E-state index contributed by atoms with van der Waals surface area (Å²) >= 11 is 0. The topological polar surface area (TPSA) is 115 Å². The number of aromatic nitrogens is 3. The lowest BCUT2D eigenvalue weighted by Gasteiger charge is -2.18. The predicted octanol–water partition coefficient (Wildman–Crippen LogP) is 1.33. The van der Waals surface area contributed by atoms with E-state index in [1.165, 1.54) is 11.2 Å². The van der Waals surface area contributed by atoms with Crippen molar-refractivity contribution in [3.63, 3.8) is 0 Å². The third-order valence-corrected chi connectivity index (χ3v) is 6.71. The number of hydrogen-bond donors (Lipinski definition) is 3. The number of imide groups is 1. The second-order valence-electron chi connectivity index (χ2n) is 8.57. The van der Waals surface area contributed by atoms with Crippen molar-refractivity contribution in [1.82, 2.24) is 30.7 Å². The molecule has 3 N–H and O–H groups in total. The van der Waals surface area contributed by atoms with E-state index < -0.39 is 0 Å². The lowest BCUT2D eigenvalue weighted by Crippen LogP contribution is -2.39. The summed E-state index contributed by atoms with van der Waals surface area (Å²) in [5.74, 6) is 1.73. The maximum Gasteiger partial charge on any atom is 0.233 e. The molecular weight excluding hydrogens is 406 g/mol. The molecule has 4 atom stereocenters. The van der Waals surface area contributed by atoms with Crippen LogP contribution in [0, 0.1) is 23.7 Å². The number of aromatic amines is 1. The number of fused-ring (bicyclic) bond motifs is 5. The van der Waals surface area contributed by atoms with E-state index in [-0.39, 0.29) is 35.5 Å². The van der Waals surface area contributed by atoms with E-state index in [1.807, 2.05) is 24.3 Å². The van der Waals surface area contributed by atoms with Crippen LogP contribution in [0.5, 0.6) is 0 Å². The van der Waals surface area contributed by atoms with Crippen LogP contribution in [0.4, 0.5) is 0 Å². The number of nitrogens with zero attached hydrogens (tertiary/aromatic N) is 4. The Morgan fingerprint density at radius 2 is 1.97 bits per heavy atom. The van der Waals surface area contributed by atoms with Crippen LogP contribution in [0.15, 0.2) is 47.7 Å². The molecule has 4 unspecified atom stereocenters. The number of carbonyl (C=O) groups is 2. The molecule has 5 rings (SSSR count). The number of hydrogen-bond acceptors (Lipinski definition) is 5. The summed E-state index contributed by atoms with van der Waals surface area (Å²) in [4.78, 5) is 35.4. The molecule has 2 amide bonds.